The van der Waals surface area contributed by atoms with E-state index in [1.54, 1.807) is 0 Å². The molecule has 0 amide bonds. The van der Waals surface area contributed by atoms with Crippen LogP contribution in [0.2, 0.25) is 0 Å². The molecule has 1 aliphatic rings. The topological polar surface area (TPSA) is 35.2 Å². The van der Waals surface area contributed by atoms with Crippen molar-refractivity contribution >= 4 is 0 Å². The summed E-state index contributed by atoms with van der Waals surface area (Å²) in [6.45, 7) is 5.10. The summed E-state index contributed by atoms with van der Waals surface area (Å²) in [7, 11) is 0. The SMILES string of the molecule is CCC[C@@H](N)C1(OCC)CCCCCC1. The van der Waals surface area contributed by atoms with Crippen LogP contribution in [0.4, 0.5) is 0 Å². The minimum Gasteiger partial charge on any atom is -0.374 e. The van der Waals surface area contributed by atoms with E-state index in [1.165, 1.54) is 38.5 Å². The Morgan fingerprint density at radius 2 is 1.73 bits per heavy atom. The van der Waals surface area contributed by atoms with Gasteiger partial charge in [0.25, 0.3) is 0 Å². The minimum atomic E-state index is 0.00125. The molecule has 2 N–H and O–H groups in total. The summed E-state index contributed by atoms with van der Waals surface area (Å²) in [5.74, 6) is 0. The molecule has 0 aromatic rings. The third kappa shape index (κ3) is 3.46. The first-order valence-corrected chi connectivity index (χ1v) is 6.64. The minimum absolute atomic E-state index is 0.00125. The highest BCUT2D eigenvalue weighted by Crippen LogP contribution is 2.34. The molecule has 1 rings (SSSR count). The molecule has 0 spiro atoms. The quantitative estimate of drug-likeness (QED) is 0.712. The van der Waals surface area contributed by atoms with E-state index < -0.39 is 0 Å². The van der Waals surface area contributed by atoms with E-state index in [1.807, 2.05) is 0 Å². The number of nitrogens with two attached hydrogens (primary N) is 1. The molecule has 0 unspecified atom stereocenters. The van der Waals surface area contributed by atoms with Crippen LogP contribution in [0.15, 0.2) is 0 Å². The largest absolute Gasteiger partial charge is 0.374 e. The van der Waals surface area contributed by atoms with E-state index >= 15 is 0 Å². The number of hydrogen-bond donors (Lipinski definition) is 1. The lowest BCUT2D eigenvalue weighted by Crippen LogP contribution is -2.49. The molecule has 1 saturated carbocycles. The molecule has 0 bridgehead atoms. The van der Waals surface area contributed by atoms with E-state index in [4.69, 9.17) is 10.5 Å². The van der Waals surface area contributed by atoms with E-state index in [-0.39, 0.29) is 11.6 Å². The fraction of sp³-hybridized carbons (Fsp3) is 1.00. The van der Waals surface area contributed by atoms with Gasteiger partial charge in [0.2, 0.25) is 0 Å². The first-order valence-electron chi connectivity index (χ1n) is 6.64. The molecular weight excluding hydrogens is 186 g/mol. The average Bonchev–Trinajstić information content (AvgIpc) is 2.45. The third-order valence-corrected chi connectivity index (χ3v) is 3.66. The molecule has 0 aliphatic heterocycles. The Morgan fingerprint density at radius 1 is 1.13 bits per heavy atom. The van der Waals surface area contributed by atoms with Crippen molar-refractivity contribution in [3.05, 3.63) is 0 Å². The van der Waals surface area contributed by atoms with Crippen LogP contribution in [0.25, 0.3) is 0 Å². The summed E-state index contributed by atoms with van der Waals surface area (Å²) in [6.07, 6.45) is 9.89. The highest BCUT2D eigenvalue weighted by atomic mass is 16.5. The van der Waals surface area contributed by atoms with Crippen molar-refractivity contribution in [2.75, 3.05) is 6.61 Å². The van der Waals surface area contributed by atoms with Gasteiger partial charge < -0.3 is 10.5 Å². The smallest absolute Gasteiger partial charge is 0.0832 e. The Kier molecular flexibility index (Phi) is 5.62. The zero-order valence-electron chi connectivity index (χ0n) is 10.4. The number of ether oxygens (including phenoxy) is 1. The summed E-state index contributed by atoms with van der Waals surface area (Å²) in [6, 6.07) is 0.237. The second-order valence-electron chi connectivity index (χ2n) is 4.81. The van der Waals surface area contributed by atoms with Gasteiger partial charge in [0.1, 0.15) is 0 Å². The molecule has 0 aromatic carbocycles. The van der Waals surface area contributed by atoms with Crippen molar-refractivity contribution in [2.24, 2.45) is 5.73 Å². The van der Waals surface area contributed by atoms with Gasteiger partial charge >= 0.3 is 0 Å². The van der Waals surface area contributed by atoms with Crippen molar-refractivity contribution in [1.82, 2.24) is 0 Å². The molecule has 90 valence electrons. The van der Waals surface area contributed by atoms with E-state index in [9.17, 15) is 0 Å². The first-order chi connectivity index (χ1) is 7.25. The average molecular weight is 213 g/mol. The highest BCUT2D eigenvalue weighted by molar-refractivity contribution is 4.92. The Hall–Kier alpha value is -0.0800. The van der Waals surface area contributed by atoms with Crippen molar-refractivity contribution in [3.8, 4) is 0 Å². The summed E-state index contributed by atoms with van der Waals surface area (Å²) < 4.78 is 6.04. The second kappa shape index (κ2) is 6.49. The molecule has 2 heteroatoms. The van der Waals surface area contributed by atoms with Gasteiger partial charge in [-0.05, 0) is 26.2 Å². The second-order valence-corrected chi connectivity index (χ2v) is 4.81. The number of hydrogen-bond acceptors (Lipinski definition) is 2. The van der Waals surface area contributed by atoms with Gasteiger partial charge in [0.15, 0.2) is 0 Å². The van der Waals surface area contributed by atoms with Gasteiger partial charge in [-0.1, -0.05) is 39.0 Å². The Bertz CT molecular complexity index is 162. The molecule has 15 heavy (non-hydrogen) atoms. The molecule has 1 atom stereocenters. The molecule has 0 heterocycles. The van der Waals surface area contributed by atoms with Gasteiger partial charge in [-0.25, -0.2) is 0 Å². The molecule has 1 aliphatic carbocycles. The maximum absolute atomic E-state index is 6.32. The Balaban J connectivity index is 2.65. The number of rotatable bonds is 5. The fourth-order valence-electron chi connectivity index (χ4n) is 2.81. The molecule has 1 fully saturated rings. The summed E-state index contributed by atoms with van der Waals surface area (Å²) in [5.41, 5.74) is 6.33. The first kappa shape index (κ1) is 13.0. The zero-order chi connectivity index (χ0) is 11.1. The van der Waals surface area contributed by atoms with Crippen LogP contribution < -0.4 is 5.73 Å². The zero-order valence-corrected chi connectivity index (χ0v) is 10.4. The molecule has 0 aromatic heterocycles. The molecule has 0 saturated heterocycles. The fourth-order valence-corrected chi connectivity index (χ4v) is 2.81. The Morgan fingerprint density at radius 3 is 2.20 bits per heavy atom. The van der Waals surface area contributed by atoms with Crippen molar-refractivity contribution in [2.45, 2.75) is 76.9 Å². The summed E-state index contributed by atoms with van der Waals surface area (Å²) >= 11 is 0. The molecule has 2 nitrogen and oxygen atoms in total. The van der Waals surface area contributed by atoms with Crippen LogP contribution in [-0.2, 0) is 4.74 Å². The predicted molar refractivity (Wildman–Crippen MR) is 64.9 cm³/mol. The van der Waals surface area contributed by atoms with Crippen LogP contribution in [0.5, 0.6) is 0 Å². The maximum Gasteiger partial charge on any atom is 0.0832 e. The van der Waals surface area contributed by atoms with Crippen LogP contribution >= 0.6 is 0 Å². The van der Waals surface area contributed by atoms with E-state index in [0.717, 1.165) is 19.4 Å². The van der Waals surface area contributed by atoms with Gasteiger partial charge in [-0.2, -0.15) is 0 Å². The molecule has 0 radical (unpaired) electrons. The van der Waals surface area contributed by atoms with E-state index in [2.05, 4.69) is 13.8 Å². The van der Waals surface area contributed by atoms with E-state index in [0.29, 0.717) is 0 Å². The third-order valence-electron chi connectivity index (χ3n) is 3.66. The summed E-state index contributed by atoms with van der Waals surface area (Å²) in [5, 5.41) is 0. The van der Waals surface area contributed by atoms with Gasteiger partial charge in [0, 0.05) is 12.6 Å². The summed E-state index contributed by atoms with van der Waals surface area (Å²) in [4.78, 5) is 0. The van der Waals surface area contributed by atoms with Crippen molar-refractivity contribution in [1.29, 1.82) is 0 Å². The lowest BCUT2D eigenvalue weighted by atomic mass is 9.84. The van der Waals surface area contributed by atoms with Crippen LogP contribution in [-0.4, -0.2) is 18.2 Å². The van der Waals surface area contributed by atoms with Crippen LogP contribution in [0, 0.1) is 0 Å². The maximum atomic E-state index is 6.32. The monoisotopic (exact) mass is 213 g/mol. The standard InChI is InChI=1S/C13H27NO/c1-3-9-12(14)13(15-4-2)10-7-5-6-8-11-13/h12H,3-11,14H2,1-2H3/t12-/m1/s1. The van der Waals surface area contributed by atoms with Gasteiger partial charge in [-0.15, -0.1) is 0 Å². The lowest BCUT2D eigenvalue weighted by Gasteiger charge is -2.38. The van der Waals surface area contributed by atoms with Crippen LogP contribution in [0.1, 0.15) is 65.2 Å². The normalized spacial score (nSPS) is 23.4. The van der Waals surface area contributed by atoms with Crippen LogP contribution in [0.3, 0.4) is 0 Å². The predicted octanol–water partition coefficient (Wildman–Crippen LogP) is 3.24. The van der Waals surface area contributed by atoms with Crippen molar-refractivity contribution < 1.29 is 4.74 Å². The highest BCUT2D eigenvalue weighted by Gasteiger charge is 2.36. The van der Waals surface area contributed by atoms with Gasteiger partial charge in [-0.3, -0.25) is 0 Å². The van der Waals surface area contributed by atoms with Crippen molar-refractivity contribution in [3.63, 3.8) is 0 Å². The molecular formula is C13H27NO. The van der Waals surface area contributed by atoms with Gasteiger partial charge in [0.05, 0.1) is 5.60 Å². The lowest BCUT2D eigenvalue weighted by molar-refractivity contribution is -0.0701. The Labute approximate surface area is 94.6 Å².